The summed E-state index contributed by atoms with van der Waals surface area (Å²) in [6, 6.07) is 7.78. The van der Waals surface area contributed by atoms with Crippen molar-refractivity contribution in [1.82, 2.24) is 9.97 Å². The normalized spacial score (nSPS) is 6.67. The van der Waals surface area contributed by atoms with E-state index in [-0.39, 0.29) is 48.0 Å². The predicted octanol–water partition coefficient (Wildman–Crippen LogP) is 3.27. The number of hydrogen-bond donors (Lipinski definition) is 2. The van der Waals surface area contributed by atoms with Gasteiger partial charge in [0.1, 0.15) is 0 Å². The summed E-state index contributed by atoms with van der Waals surface area (Å²) < 4.78 is 0. The highest BCUT2D eigenvalue weighted by molar-refractivity contribution is 14.0. The standard InChI is InChI=1S/2C4H5N.2HI/c2*1-2-4-5-3-1;;/h2*1-5H;2*1H. The first-order valence-corrected chi connectivity index (χ1v) is 3.15. The van der Waals surface area contributed by atoms with Gasteiger partial charge in [-0.25, -0.2) is 0 Å². The molecule has 68 valence electrons. The van der Waals surface area contributed by atoms with Crippen LogP contribution in [0.3, 0.4) is 0 Å². The van der Waals surface area contributed by atoms with Crippen LogP contribution in [0.2, 0.25) is 0 Å². The summed E-state index contributed by atoms with van der Waals surface area (Å²) in [5.41, 5.74) is 0. The number of nitrogens with one attached hydrogen (secondary N) is 2. The molecule has 0 spiro atoms. The molecule has 0 amide bonds. The van der Waals surface area contributed by atoms with Crippen LogP contribution >= 0.6 is 48.0 Å². The number of rotatable bonds is 0. The summed E-state index contributed by atoms with van der Waals surface area (Å²) in [4.78, 5) is 5.72. The summed E-state index contributed by atoms with van der Waals surface area (Å²) in [6.07, 6.45) is 7.50. The third kappa shape index (κ3) is 8.12. The van der Waals surface area contributed by atoms with Gasteiger partial charge in [-0.05, 0) is 24.3 Å². The number of halogens is 2. The molecule has 0 aromatic carbocycles. The molecule has 0 aliphatic carbocycles. The minimum absolute atomic E-state index is 0. The Morgan fingerprint density at radius 3 is 0.833 bits per heavy atom. The lowest BCUT2D eigenvalue weighted by molar-refractivity contribution is 1.41. The van der Waals surface area contributed by atoms with Crippen molar-refractivity contribution < 1.29 is 0 Å². The summed E-state index contributed by atoms with van der Waals surface area (Å²) in [5.74, 6) is 0. The Morgan fingerprint density at radius 1 is 0.500 bits per heavy atom. The number of hydrogen-bond acceptors (Lipinski definition) is 0. The highest BCUT2D eigenvalue weighted by Crippen LogP contribution is 1.72. The van der Waals surface area contributed by atoms with Gasteiger partial charge in [0.25, 0.3) is 0 Å². The van der Waals surface area contributed by atoms with Gasteiger partial charge < -0.3 is 9.97 Å². The van der Waals surface area contributed by atoms with Crippen LogP contribution in [0.5, 0.6) is 0 Å². The van der Waals surface area contributed by atoms with Crippen molar-refractivity contribution in [2.24, 2.45) is 0 Å². The molecular weight excluding hydrogens is 378 g/mol. The molecule has 4 heteroatoms. The molecule has 0 unspecified atom stereocenters. The van der Waals surface area contributed by atoms with Gasteiger partial charge in [-0.1, -0.05) is 0 Å². The zero-order chi connectivity index (χ0) is 7.07. The zero-order valence-electron chi connectivity index (χ0n) is 6.44. The molecule has 0 saturated carbocycles. The maximum atomic E-state index is 2.86. The van der Waals surface area contributed by atoms with Crippen molar-refractivity contribution in [2.75, 3.05) is 0 Å². The van der Waals surface area contributed by atoms with Crippen molar-refractivity contribution >= 4 is 48.0 Å². The molecule has 12 heavy (non-hydrogen) atoms. The molecule has 2 nitrogen and oxygen atoms in total. The number of H-pyrrole nitrogens is 2. The van der Waals surface area contributed by atoms with Crippen molar-refractivity contribution in [2.45, 2.75) is 0 Å². The van der Waals surface area contributed by atoms with Crippen molar-refractivity contribution in [3.8, 4) is 0 Å². The maximum Gasteiger partial charge on any atom is 0.000496 e. The molecule has 0 atom stereocenters. The first-order chi connectivity index (χ1) is 5.00. The Morgan fingerprint density at radius 2 is 0.750 bits per heavy atom. The lowest BCUT2D eigenvalue weighted by atomic mass is 10.7. The van der Waals surface area contributed by atoms with E-state index in [1.807, 2.05) is 49.1 Å². The van der Waals surface area contributed by atoms with Gasteiger partial charge in [-0.15, -0.1) is 48.0 Å². The second-order valence-corrected chi connectivity index (χ2v) is 1.77. The quantitative estimate of drug-likeness (QED) is 0.648. The van der Waals surface area contributed by atoms with Crippen LogP contribution in [0, 0.1) is 0 Å². The average molecular weight is 390 g/mol. The molecule has 0 saturated heterocycles. The van der Waals surface area contributed by atoms with Gasteiger partial charge in [-0.2, -0.15) is 0 Å². The second kappa shape index (κ2) is 11.0. The van der Waals surface area contributed by atoms with Crippen LogP contribution < -0.4 is 0 Å². The summed E-state index contributed by atoms with van der Waals surface area (Å²) in [6.45, 7) is 0. The highest BCUT2D eigenvalue weighted by Gasteiger charge is 1.56. The second-order valence-electron chi connectivity index (χ2n) is 1.77. The smallest absolute Gasteiger partial charge is 0.000496 e. The van der Waals surface area contributed by atoms with E-state index >= 15 is 0 Å². The summed E-state index contributed by atoms with van der Waals surface area (Å²) in [7, 11) is 0. The van der Waals surface area contributed by atoms with Gasteiger partial charge in [0.15, 0.2) is 0 Å². The van der Waals surface area contributed by atoms with Crippen LogP contribution in [0.4, 0.5) is 0 Å². The zero-order valence-corrected chi connectivity index (χ0v) is 11.1. The van der Waals surface area contributed by atoms with E-state index in [0.29, 0.717) is 0 Å². The predicted molar refractivity (Wildman–Crippen MR) is 72.4 cm³/mol. The molecule has 0 aliphatic rings. The first kappa shape index (κ1) is 14.5. The molecular formula is C8H12I2N2. The van der Waals surface area contributed by atoms with E-state index in [4.69, 9.17) is 0 Å². The van der Waals surface area contributed by atoms with Gasteiger partial charge in [0, 0.05) is 24.8 Å². The molecule has 2 aromatic rings. The molecule has 0 fully saturated rings. The minimum Gasteiger partial charge on any atom is -0.368 e. The fourth-order valence-electron chi connectivity index (χ4n) is 0.556. The highest BCUT2D eigenvalue weighted by atomic mass is 127. The lowest BCUT2D eigenvalue weighted by Gasteiger charge is -1.49. The SMILES string of the molecule is I.I.c1cc[nH]c1.c1cc[nH]c1. The molecule has 2 heterocycles. The van der Waals surface area contributed by atoms with E-state index in [1.165, 1.54) is 0 Å². The fraction of sp³-hybridized carbons (Fsp3) is 0. The maximum absolute atomic E-state index is 2.86. The summed E-state index contributed by atoms with van der Waals surface area (Å²) >= 11 is 0. The lowest BCUT2D eigenvalue weighted by Crippen LogP contribution is -1.38. The van der Waals surface area contributed by atoms with Crippen LogP contribution in [0.15, 0.2) is 49.1 Å². The number of aromatic amines is 2. The largest absolute Gasteiger partial charge is 0.368 e. The molecule has 0 bridgehead atoms. The van der Waals surface area contributed by atoms with Crippen molar-refractivity contribution in [3.05, 3.63) is 49.1 Å². The minimum atomic E-state index is 0. The van der Waals surface area contributed by atoms with Crippen LogP contribution in [-0.2, 0) is 0 Å². The van der Waals surface area contributed by atoms with E-state index in [0.717, 1.165) is 0 Å². The Bertz CT molecular complexity index is 154. The van der Waals surface area contributed by atoms with E-state index < -0.39 is 0 Å². The van der Waals surface area contributed by atoms with E-state index in [1.54, 1.807) is 0 Å². The van der Waals surface area contributed by atoms with Crippen molar-refractivity contribution in [3.63, 3.8) is 0 Å². The molecule has 0 radical (unpaired) electrons. The molecule has 2 aromatic heterocycles. The van der Waals surface area contributed by atoms with Crippen LogP contribution in [-0.4, -0.2) is 9.97 Å². The molecule has 0 aliphatic heterocycles. The van der Waals surface area contributed by atoms with Crippen LogP contribution in [0.1, 0.15) is 0 Å². The van der Waals surface area contributed by atoms with Gasteiger partial charge in [0.05, 0.1) is 0 Å². The van der Waals surface area contributed by atoms with Gasteiger partial charge in [0.2, 0.25) is 0 Å². The topological polar surface area (TPSA) is 31.6 Å². The third-order valence-corrected chi connectivity index (χ3v) is 0.992. The Balaban J connectivity index is 0. The van der Waals surface area contributed by atoms with Crippen LogP contribution in [0.25, 0.3) is 0 Å². The van der Waals surface area contributed by atoms with Gasteiger partial charge >= 0.3 is 0 Å². The molecule has 2 rings (SSSR count). The van der Waals surface area contributed by atoms with E-state index in [9.17, 15) is 0 Å². The summed E-state index contributed by atoms with van der Waals surface area (Å²) in [5, 5.41) is 0. The Labute approximate surface area is 106 Å². The monoisotopic (exact) mass is 390 g/mol. The number of aromatic nitrogens is 2. The fourth-order valence-corrected chi connectivity index (χ4v) is 0.556. The Hall–Kier alpha value is 0.0200. The van der Waals surface area contributed by atoms with E-state index in [2.05, 4.69) is 9.97 Å². The average Bonchev–Trinajstić information content (AvgIpc) is 2.67. The first-order valence-electron chi connectivity index (χ1n) is 3.15. The van der Waals surface area contributed by atoms with Crippen molar-refractivity contribution in [1.29, 1.82) is 0 Å². The van der Waals surface area contributed by atoms with Gasteiger partial charge in [-0.3, -0.25) is 0 Å². The molecule has 2 N–H and O–H groups in total. The Kier molecular flexibility index (Phi) is 13.4. The third-order valence-electron chi connectivity index (χ3n) is 0.992.